The van der Waals surface area contributed by atoms with Gasteiger partial charge in [-0.15, -0.1) is 0 Å². The van der Waals surface area contributed by atoms with Crippen molar-refractivity contribution in [3.05, 3.63) is 46.5 Å². The summed E-state index contributed by atoms with van der Waals surface area (Å²) in [5.41, 5.74) is 1.24. The third-order valence-electron chi connectivity index (χ3n) is 4.36. The van der Waals surface area contributed by atoms with Crippen molar-refractivity contribution in [1.29, 1.82) is 0 Å². The van der Waals surface area contributed by atoms with Gasteiger partial charge in [0.05, 0.1) is 6.54 Å². The van der Waals surface area contributed by atoms with Gasteiger partial charge < -0.3 is 15.4 Å². The number of nitrogens with one attached hydrogen (secondary N) is 2. The average molecular weight is 377 g/mol. The van der Waals surface area contributed by atoms with Crippen molar-refractivity contribution in [3.63, 3.8) is 0 Å². The maximum atomic E-state index is 5.92. The highest BCUT2D eigenvalue weighted by atomic mass is 35.5. The molecule has 1 aliphatic heterocycles. The van der Waals surface area contributed by atoms with Gasteiger partial charge in [0.1, 0.15) is 12.4 Å². The predicted octanol–water partition coefficient (Wildman–Crippen LogP) is 1.80. The molecule has 1 aliphatic rings. The van der Waals surface area contributed by atoms with Crippen LogP contribution in [0, 0.1) is 0 Å². The molecule has 8 heteroatoms. The van der Waals surface area contributed by atoms with E-state index in [4.69, 9.17) is 16.3 Å². The molecule has 0 aliphatic carbocycles. The van der Waals surface area contributed by atoms with Gasteiger partial charge in [-0.2, -0.15) is 5.10 Å². The third kappa shape index (κ3) is 4.95. The van der Waals surface area contributed by atoms with Gasteiger partial charge >= 0.3 is 0 Å². The maximum Gasteiger partial charge on any atom is 0.191 e. The summed E-state index contributed by atoms with van der Waals surface area (Å²) in [4.78, 5) is 8.83. The highest BCUT2D eigenvalue weighted by Crippen LogP contribution is 2.13. The van der Waals surface area contributed by atoms with Crippen LogP contribution >= 0.6 is 11.6 Å². The maximum absolute atomic E-state index is 5.92. The van der Waals surface area contributed by atoms with E-state index < -0.39 is 0 Å². The van der Waals surface area contributed by atoms with Crippen LogP contribution in [-0.4, -0.2) is 47.5 Å². The molecule has 140 valence electrons. The Morgan fingerprint density at radius 2 is 2.19 bits per heavy atom. The first kappa shape index (κ1) is 18.7. The molecule has 1 aromatic heterocycles. The van der Waals surface area contributed by atoms with Crippen LogP contribution in [0.25, 0.3) is 0 Å². The van der Waals surface area contributed by atoms with Crippen molar-refractivity contribution in [2.45, 2.75) is 38.5 Å². The SMILES string of the molecule is CN=C(NCCc1ccc(Cl)cc1)NC1CCc2nc(COC)nn2C1. The fraction of sp³-hybridized carbons (Fsp3) is 0.500. The fourth-order valence-electron chi connectivity index (χ4n) is 3.03. The molecule has 0 spiro atoms. The second-order valence-corrected chi connectivity index (χ2v) is 6.75. The van der Waals surface area contributed by atoms with E-state index in [1.54, 1.807) is 14.2 Å². The first-order chi connectivity index (χ1) is 12.7. The molecular formula is C18H25ClN6O. The number of aromatic nitrogens is 3. The van der Waals surface area contributed by atoms with E-state index in [2.05, 4.69) is 25.7 Å². The van der Waals surface area contributed by atoms with Crippen molar-refractivity contribution in [3.8, 4) is 0 Å². The minimum absolute atomic E-state index is 0.279. The zero-order chi connectivity index (χ0) is 18.4. The molecule has 2 heterocycles. The number of methoxy groups -OCH3 is 1. The molecule has 0 amide bonds. The minimum atomic E-state index is 0.279. The fourth-order valence-corrected chi connectivity index (χ4v) is 3.16. The van der Waals surface area contributed by atoms with Crippen LogP contribution in [0.1, 0.15) is 23.6 Å². The van der Waals surface area contributed by atoms with E-state index in [0.29, 0.717) is 6.61 Å². The van der Waals surface area contributed by atoms with Crippen molar-refractivity contribution in [2.24, 2.45) is 4.99 Å². The Hall–Kier alpha value is -2.12. The number of aliphatic imine (C=N–C) groups is 1. The normalized spacial score (nSPS) is 17.0. The smallest absolute Gasteiger partial charge is 0.191 e. The Morgan fingerprint density at radius 3 is 2.92 bits per heavy atom. The first-order valence-corrected chi connectivity index (χ1v) is 9.19. The number of hydrogen-bond acceptors (Lipinski definition) is 4. The summed E-state index contributed by atoms with van der Waals surface area (Å²) in [5.74, 6) is 2.58. The number of halogens is 1. The van der Waals surface area contributed by atoms with Crippen LogP contribution in [-0.2, 0) is 30.7 Å². The average Bonchev–Trinajstić information content (AvgIpc) is 3.04. The lowest BCUT2D eigenvalue weighted by atomic mass is 10.1. The Balaban J connectivity index is 1.48. The van der Waals surface area contributed by atoms with E-state index in [0.717, 1.165) is 55.0 Å². The number of nitrogens with zero attached hydrogens (tertiary/aromatic N) is 4. The molecule has 0 radical (unpaired) electrons. The highest BCUT2D eigenvalue weighted by Gasteiger charge is 2.22. The zero-order valence-corrected chi connectivity index (χ0v) is 16.0. The van der Waals surface area contributed by atoms with Crippen LogP contribution in [0.4, 0.5) is 0 Å². The molecule has 1 unspecified atom stereocenters. The largest absolute Gasteiger partial charge is 0.377 e. The summed E-state index contributed by atoms with van der Waals surface area (Å²) < 4.78 is 7.08. The number of rotatable bonds is 6. The van der Waals surface area contributed by atoms with Gasteiger partial charge in [0.25, 0.3) is 0 Å². The van der Waals surface area contributed by atoms with Gasteiger partial charge in [-0.1, -0.05) is 23.7 Å². The molecule has 3 rings (SSSR count). The quantitative estimate of drug-likeness (QED) is 0.594. The van der Waals surface area contributed by atoms with Crippen LogP contribution in [0.3, 0.4) is 0 Å². The summed E-state index contributed by atoms with van der Waals surface area (Å²) in [7, 11) is 3.45. The Morgan fingerprint density at radius 1 is 1.38 bits per heavy atom. The first-order valence-electron chi connectivity index (χ1n) is 8.81. The Kier molecular flexibility index (Phi) is 6.46. The summed E-state index contributed by atoms with van der Waals surface area (Å²) in [6.45, 7) is 2.04. The Bertz CT molecular complexity index is 743. The summed E-state index contributed by atoms with van der Waals surface area (Å²) in [5, 5.41) is 12.1. The second-order valence-electron chi connectivity index (χ2n) is 6.31. The number of aryl methyl sites for hydroxylation is 1. The van der Waals surface area contributed by atoms with E-state index >= 15 is 0 Å². The van der Waals surface area contributed by atoms with Crippen molar-refractivity contribution in [1.82, 2.24) is 25.4 Å². The molecule has 0 bridgehead atoms. The molecule has 0 saturated carbocycles. The van der Waals surface area contributed by atoms with Gasteiger partial charge in [0, 0.05) is 38.2 Å². The molecule has 2 aromatic rings. The lowest BCUT2D eigenvalue weighted by Crippen LogP contribution is -2.47. The summed E-state index contributed by atoms with van der Waals surface area (Å²) >= 11 is 5.92. The van der Waals surface area contributed by atoms with Gasteiger partial charge in [0.15, 0.2) is 11.8 Å². The van der Waals surface area contributed by atoms with Gasteiger partial charge in [-0.3, -0.25) is 4.99 Å². The van der Waals surface area contributed by atoms with E-state index in [9.17, 15) is 0 Å². The van der Waals surface area contributed by atoms with Gasteiger partial charge in [-0.05, 0) is 30.5 Å². The van der Waals surface area contributed by atoms with Crippen LogP contribution in [0.5, 0.6) is 0 Å². The predicted molar refractivity (Wildman–Crippen MR) is 102 cm³/mol. The third-order valence-corrected chi connectivity index (χ3v) is 4.61. The second kappa shape index (κ2) is 9.00. The number of hydrogen-bond donors (Lipinski definition) is 2. The zero-order valence-electron chi connectivity index (χ0n) is 15.2. The molecule has 1 atom stereocenters. The molecule has 2 N–H and O–H groups in total. The lowest BCUT2D eigenvalue weighted by molar-refractivity contribution is 0.177. The van der Waals surface area contributed by atoms with E-state index in [1.165, 1.54) is 5.56 Å². The molecule has 26 heavy (non-hydrogen) atoms. The minimum Gasteiger partial charge on any atom is -0.377 e. The Labute approximate surface area is 158 Å². The lowest BCUT2D eigenvalue weighted by Gasteiger charge is -2.25. The van der Waals surface area contributed by atoms with Crippen LogP contribution < -0.4 is 10.6 Å². The van der Waals surface area contributed by atoms with E-state index in [-0.39, 0.29) is 6.04 Å². The van der Waals surface area contributed by atoms with Crippen LogP contribution in [0.15, 0.2) is 29.3 Å². The number of ether oxygens (including phenoxy) is 1. The standard InChI is InChI=1S/C18H25ClN6O/c1-20-18(21-10-9-13-3-5-14(19)6-4-13)22-15-7-8-17-23-16(12-26-2)24-25(17)11-15/h3-6,15H,7-12H2,1-2H3,(H2,20,21,22). The van der Waals surface area contributed by atoms with Gasteiger partial charge in [0.2, 0.25) is 0 Å². The van der Waals surface area contributed by atoms with Crippen molar-refractivity contribution < 1.29 is 4.74 Å². The summed E-state index contributed by atoms with van der Waals surface area (Å²) in [6, 6.07) is 8.21. The van der Waals surface area contributed by atoms with Crippen molar-refractivity contribution in [2.75, 3.05) is 20.7 Å². The van der Waals surface area contributed by atoms with E-state index in [1.807, 2.05) is 28.9 Å². The molecule has 7 nitrogen and oxygen atoms in total. The number of benzene rings is 1. The topological polar surface area (TPSA) is 76.4 Å². The number of guanidine groups is 1. The van der Waals surface area contributed by atoms with Crippen molar-refractivity contribution >= 4 is 17.6 Å². The highest BCUT2D eigenvalue weighted by molar-refractivity contribution is 6.30. The molecular weight excluding hydrogens is 352 g/mol. The molecule has 0 fully saturated rings. The van der Waals surface area contributed by atoms with Gasteiger partial charge in [-0.25, -0.2) is 9.67 Å². The monoisotopic (exact) mass is 376 g/mol. The number of fused-ring (bicyclic) bond motifs is 1. The summed E-state index contributed by atoms with van der Waals surface area (Å²) in [6.07, 6.45) is 2.81. The molecule has 0 saturated heterocycles. The molecule has 1 aromatic carbocycles. The van der Waals surface area contributed by atoms with Crippen LogP contribution in [0.2, 0.25) is 5.02 Å².